The number of aromatic carboxylic acids is 1. The number of carbonyl (C=O) groups is 3. The lowest BCUT2D eigenvalue weighted by Gasteiger charge is -2.15. The molecule has 1 unspecified atom stereocenters. The van der Waals surface area contributed by atoms with Crippen molar-refractivity contribution in [3.63, 3.8) is 0 Å². The first-order valence-corrected chi connectivity index (χ1v) is 10.1. The highest BCUT2D eigenvalue weighted by Crippen LogP contribution is 2.37. The molecule has 0 aromatic heterocycles. The molecule has 0 radical (unpaired) electrons. The number of anilines is 1. The van der Waals surface area contributed by atoms with Gasteiger partial charge in [0.1, 0.15) is 5.75 Å². The summed E-state index contributed by atoms with van der Waals surface area (Å²) in [6.45, 7) is 1.71. The number of aliphatic carboxylic acids is 1. The Labute approximate surface area is 182 Å². The van der Waals surface area contributed by atoms with Crippen molar-refractivity contribution in [2.75, 3.05) is 4.90 Å². The van der Waals surface area contributed by atoms with Crippen LogP contribution in [0.4, 0.5) is 5.69 Å². The van der Waals surface area contributed by atoms with Crippen LogP contribution in [0.25, 0.3) is 6.08 Å². The third-order valence-electron chi connectivity index (χ3n) is 4.27. The van der Waals surface area contributed by atoms with Crippen molar-refractivity contribution in [3.8, 4) is 5.75 Å². The lowest BCUT2D eigenvalue weighted by Crippen LogP contribution is -2.27. The molecule has 9 heteroatoms. The van der Waals surface area contributed by atoms with Crippen LogP contribution in [-0.2, 0) is 9.59 Å². The largest absolute Gasteiger partial charge is 0.479 e. The Balaban J connectivity index is 1.92. The fraction of sp³-hybridized carbons (Fsp3) is 0.143. The number of nitrogens with zero attached hydrogens (tertiary/aromatic N) is 1. The predicted octanol–water partition coefficient (Wildman–Crippen LogP) is 4.03. The number of para-hydroxylation sites is 1. The maximum Gasteiger partial charge on any atom is 0.344 e. The molecule has 1 aliphatic rings. The van der Waals surface area contributed by atoms with Gasteiger partial charge in [0.05, 0.1) is 16.2 Å². The minimum Gasteiger partial charge on any atom is -0.479 e. The first-order chi connectivity index (χ1) is 14.3. The minimum atomic E-state index is -1.10. The molecular formula is C21H17NO6S2. The van der Waals surface area contributed by atoms with E-state index < -0.39 is 23.9 Å². The number of ether oxygens (including phenoxy) is 1. The quantitative estimate of drug-likeness (QED) is 0.488. The molecule has 0 aliphatic carbocycles. The summed E-state index contributed by atoms with van der Waals surface area (Å²) < 4.78 is 5.87. The van der Waals surface area contributed by atoms with E-state index in [0.717, 1.165) is 11.8 Å². The second-order valence-electron chi connectivity index (χ2n) is 6.26. The van der Waals surface area contributed by atoms with Gasteiger partial charge in [0.15, 0.2) is 10.4 Å². The average molecular weight is 444 g/mol. The molecule has 2 N–H and O–H groups in total. The maximum absolute atomic E-state index is 13.0. The van der Waals surface area contributed by atoms with E-state index in [9.17, 15) is 24.6 Å². The summed E-state index contributed by atoms with van der Waals surface area (Å²) in [5.74, 6) is -2.23. The molecule has 1 aliphatic heterocycles. The predicted molar refractivity (Wildman–Crippen MR) is 118 cm³/mol. The lowest BCUT2D eigenvalue weighted by atomic mass is 10.1. The Morgan fingerprint density at radius 3 is 2.60 bits per heavy atom. The SMILES string of the molecule is CCC(Oc1ccccc1/C=C1\SC(=S)N(c2cccc(C(=O)O)c2)C1=O)C(=O)O. The second kappa shape index (κ2) is 9.10. The van der Waals surface area contributed by atoms with Crippen molar-refractivity contribution in [2.45, 2.75) is 19.4 Å². The van der Waals surface area contributed by atoms with E-state index in [2.05, 4.69) is 0 Å². The van der Waals surface area contributed by atoms with Crippen LogP contribution in [-0.4, -0.2) is 38.5 Å². The number of carboxylic acids is 2. The van der Waals surface area contributed by atoms with Gasteiger partial charge >= 0.3 is 11.9 Å². The van der Waals surface area contributed by atoms with Gasteiger partial charge in [-0.25, -0.2) is 9.59 Å². The number of thiocarbonyl (C=S) groups is 1. The zero-order valence-corrected chi connectivity index (χ0v) is 17.4. The third kappa shape index (κ3) is 4.52. The van der Waals surface area contributed by atoms with E-state index in [1.54, 1.807) is 49.4 Å². The second-order valence-corrected chi connectivity index (χ2v) is 7.94. The van der Waals surface area contributed by atoms with Gasteiger partial charge in [-0.2, -0.15) is 0 Å². The minimum absolute atomic E-state index is 0.0450. The molecule has 1 heterocycles. The number of amides is 1. The Hall–Kier alpha value is -3.17. The number of benzene rings is 2. The van der Waals surface area contributed by atoms with Crippen LogP contribution >= 0.6 is 24.0 Å². The summed E-state index contributed by atoms with van der Waals surface area (Å²) >= 11 is 6.40. The molecule has 0 bridgehead atoms. The van der Waals surface area contributed by atoms with Gasteiger partial charge in [-0.05, 0) is 36.8 Å². The number of rotatable bonds is 7. The number of hydrogen-bond acceptors (Lipinski definition) is 6. The van der Waals surface area contributed by atoms with E-state index in [1.807, 2.05) is 0 Å². The molecule has 1 atom stereocenters. The first-order valence-electron chi connectivity index (χ1n) is 8.91. The molecule has 1 saturated heterocycles. The van der Waals surface area contributed by atoms with Crippen LogP contribution in [0, 0.1) is 0 Å². The highest BCUT2D eigenvalue weighted by Gasteiger charge is 2.34. The normalized spacial score (nSPS) is 16.0. The molecule has 1 fully saturated rings. The molecule has 2 aromatic rings. The van der Waals surface area contributed by atoms with Gasteiger partial charge in [0, 0.05) is 5.56 Å². The summed E-state index contributed by atoms with van der Waals surface area (Å²) in [5, 5.41) is 18.4. The lowest BCUT2D eigenvalue weighted by molar-refractivity contribution is -0.145. The Kier molecular flexibility index (Phi) is 6.53. The summed E-state index contributed by atoms with van der Waals surface area (Å²) in [6, 6.07) is 12.8. The highest BCUT2D eigenvalue weighted by atomic mass is 32.2. The van der Waals surface area contributed by atoms with Gasteiger partial charge < -0.3 is 14.9 Å². The monoisotopic (exact) mass is 443 g/mol. The van der Waals surface area contributed by atoms with E-state index in [4.69, 9.17) is 17.0 Å². The zero-order chi connectivity index (χ0) is 21.8. The van der Waals surface area contributed by atoms with E-state index in [0.29, 0.717) is 21.9 Å². The molecule has 30 heavy (non-hydrogen) atoms. The molecule has 0 saturated carbocycles. The fourth-order valence-electron chi connectivity index (χ4n) is 2.78. The van der Waals surface area contributed by atoms with E-state index in [-0.39, 0.29) is 16.3 Å². The number of hydrogen-bond donors (Lipinski definition) is 2. The molecule has 2 aromatic carbocycles. The molecule has 154 valence electrons. The molecular weight excluding hydrogens is 426 g/mol. The number of thioether (sulfide) groups is 1. The number of carbonyl (C=O) groups excluding carboxylic acids is 1. The van der Waals surface area contributed by atoms with Crippen LogP contribution in [0.2, 0.25) is 0 Å². The number of carboxylic acid groups (broad SMARTS) is 2. The summed E-state index contributed by atoms with van der Waals surface area (Å²) in [7, 11) is 0. The van der Waals surface area contributed by atoms with Gasteiger partial charge in [-0.1, -0.05) is 55.2 Å². The Bertz CT molecular complexity index is 1060. The third-order valence-corrected chi connectivity index (χ3v) is 5.57. The standard InChI is InChI=1S/C21H17NO6S2/c1-2-15(20(26)27)28-16-9-4-3-6-12(16)11-17-18(23)22(21(29)30-17)14-8-5-7-13(10-14)19(24)25/h3-11,15H,2H2,1H3,(H,24,25)(H,26,27)/b17-11-. The summed E-state index contributed by atoms with van der Waals surface area (Å²) in [4.78, 5) is 37.1. The van der Waals surface area contributed by atoms with E-state index in [1.165, 1.54) is 17.0 Å². The van der Waals surface area contributed by atoms with Crippen molar-refractivity contribution in [1.82, 2.24) is 0 Å². The van der Waals surface area contributed by atoms with E-state index >= 15 is 0 Å². The van der Waals surface area contributed by atoms with Crippen LogP contribution in [0.1, 0.15) is 29.3 Å². The van der Waals surface area contributed by atoms with Gasteiger partial charge in [0.25, 0.3) is 5.91 Å². The first kappa shape index (κ1) is 21.5. The van der Waals surface area contributed by atoms with Gasteiger partial charge in [-0.15, -0.1) is 0 Å². The van der Waals surface area contributed by atoms with Crippen molar-refractivity contribution < 1.29 is 29.3 Å². The summed E-state index contributed by atoms with van der Waals surface area (Å²) in [5.41, 5.74) is 0.947. The molecule has 1 amide bonds. The van der Waals surface area contributed by atoms with Crippen LogP contribution in [0.5, 0.6) is 5.75 Å². The smallest absolute Gasteiger partial charge is 0.344 e. The average Bonchev–Trinajstić information content (AvgIpc) is 3.00. The molecule has 7 nitrogen and oxygen atoms in total. The topological polar surface area (TPSA) is 104 Å². The van der Waals surface area contributed by atoms with Crippen molar-refractivity contribution >= 4 is 57.9 Å². The maximum atomic E-state index is 13.0. The Morgan fingerprint density at radius 2 is 1.93 bits per heavy atom. The van der Waals surface area contributed by atoms with Crippen LogP contribution in [0.15, 0.2) is 53.4 Å². The van der Waals surface area contributed by atoms with Gasteiger partial charge in [0.2, 0.25) is 0 Å². The summed E-state index contributed by atoms with van der Waals surface area (Å²) in [6.07, 6.45) is 0.864. The van der Waals surface area contributed by atoms with Crippen molar-refractivity contribution in [1.29, 1.82) is 0 Å². The van der Waals surface area contributed by atoms with Crippen LogP contribution in [0.3, 0.4) is 0 Å². The van der Waals surface area contributed by atoms with Gasteiger partial charge in [-0.3, -0.25) is 9.69 Å². The highest BCUT2D eigenvalue weighted by molar-refractivity contribution is 8.27. The van der Waals surface area contributed by atoms with Crippen molar-refractivity contribution in [3.05, 3.63) is 64.6 Å². The Morgan fingerprint density at radius 1 is 1.20 bits per heavy atom. The molecule has 0 spiro atoms. The molecule has 3 rings (SSSR count). The van der Waals surface area contributed by atoms with Crippen molar-refractivity contribution in [2.24, 2.45) is 0 Å². The fourth-order valence-corrected chi connectivity index (χ4v) is 4.07. The van der Waals surface area contributed by atoms with Crippen LogP contribution < -0.4 is 9.64 Å². The zero-order valence-electron chi connectivity index (χ0n) is 15.8.